The van der Waals surface area contributed by atoms with Crippen LogP contribution in [-0.4, -0.2) is 42.4 Å². The Kier molecular flexibility index (Phi) is 7.24. The minimum atomic E-state index is -0.235. The summed E-state index contributed by atoms with van der Waals surface area (Å²) in [5, 5.41) is 7.90. The van der Waals surface area contributed by atoms with Gasteiger partial charge in [-0.1, -0.05) is 6.07 Å². The second kappa shape index (κ2) is 9.18. The Hall–Kier alpha value is -1.40. The molecule has 0 saturated carbocycles. The van der Waals surface area contributed by atoms with Gasteiger partial charge in [0.15, 0.2) is 0 Å². The van der Waals surface area contributed by atoms with Crippen LogP contribution in [-0.2, 0) is 9.59 Å². The van der Waals surface area contributed by atoms with E-state index in [4.69, 9.17) is 0 Å². The molecule has 2 unspecified atom stereocenters. The zero-order valence-corrected chi connectivity index (χ0v) is 15.7. The van der Waals surface area contributed by atoms with Gasteiger partial charge in [-0.25, -0.2) is 0 Å². The Morgan fingerprint density at radius 2 is 2.21 bits per heavy atom. The topological polar surface area (TPSA) is 61.4 Å². The number of nitrogens with one attached hydrogen (secondary N) is 2. The van der Waals surface area contributed by atoms with Gasteiger partial charge in [-0.2, -0.15) is 0 Å². The maximum atomic E-state index is 12.3. The quantitative estimate of drug-likeness (QED) is 0.794. The van der Waals surface area contributed by atoms with E-state index in [1.807, 2.05) is 17.5 Å². The maximum Gasteiger partial charge on any atom is 0.222 e. The van der Waals surface area contributed by atoms with Crippen molar-refractivity contribution < 1.29 is 9.59 Å². The molecule has 1 fully saturated rings. The van der Waals surface area contributed by atoms with E-state index < -0.39 is 0 Å². The lowest BCUT2D eigenvalue weighted by atomic mass is 9.97. The van der Waals surface area contributed by atoms with E-state index in [2.05, 4.69) is 29.4 Å². The molecule has 6 heteroatoms. The number of carbonyl (C=O) groups excluding carboxylic acids is 2. The van der Waals surface area contributed by atoms with Crippen LogP contribution < -0.4 is 10.6 Å². The van der Waals surface area contributed by atoms with E-state index in [1.54, 1.807) is 11.3 Å². The fourth-order valence-electron chi connectivity index (χ4n) is 3.21. The maximum absolute atomic E-state index is 12.3. The standard InChI is InChI=1S/C18H29N3O2S/c1-13(2)21-8-4-6-15(12-21)11-19-18(23)10-16(20-14(3)22)17-7-5-9-24-17/h5,7,9,13,15-16H,4,6,8,10-12H2,1-3H3,(H,19,23)(H,20,22). The highest BCUT2D eigenvalue weighted by molar-refractivity contribution is 7.10. The predicted molar refractivity (Wildman–Crippen MR) is 97.9 cm³/mol. The van der Waals surface area contributed by atoms with Crippen molar-refractivity contribution >= 4 is 23.2 Å². The van der Waals surface area contributed by atoms with Gasteiger partial charge in [-0.15, -0.1) is 11.3 Å². The van der Waals surface area contributed by atoms with Gasteiger partial charge in [-0.05, 0) is 50.6 Å². The Morgan fingerprint density at radius 3 is 2.83 bits per heavy atom. The van der Waals surface area contributed by atoms with Crippen molar-refractivity contribution in [3.8, 4) is 0 Å². The predicted octanol–water partition coefficient (Wildman–Crippen LogP) is 2.55. The van der Waals surface area contributed by atoms with Gasteiger partial charge in [-0.3, -0.25) is 9.59 Å². The van der Waals surface area contributed by atoms with Gasteiger partial charge < -0.3 is 15.5 Å². The summed E-state index contributed by atoms with van der Waals surface area (Å²) < 4.78 is 0. The third-order valence-corrected chi connectivity index (χ3v) is 5.51. The smallest absolute Gasteiger partial charge is 0.222 e. The van der Waals surface area contributed by atoms with Crippen molar-refractivity contribution in [2.24, 2.45) is 5.92 Å². The van der Waals surface area contributed by atoms with Gasteiger partial charge >= 0.3 is 0 Å². The number of thiophene rings is 1. The summed E-state index contributed by atoms with van der Waals surface area (Å²) in [5.41, 5.74) is 0. The molecule has 0 aromatic carbocycles. The highest BCUT2D eigenvalue weighted by Crippen LogP contribution is 2.22. The largest absolute Gasteiger partial charge is 0.356 e. The third kappa shape index (κ3) is 5.91. The molecule has 5 nitrogen and oxygen atoms in total. The van der Waals surface area contributed by atoms with Crippen molar-refractivity contribution in [3.05, 3.63) is 22.4 Å². The van der Waals surface area contributed by atoms with Gasteiger partial charge in [0, 0.05) is 30.9 Å². The molecule has 24 heavy (non-hydrogen) atoms. The van der Waals surface area contributed by atoms with Crippen LogP contribution in [0.25, 0.3) is 0 Å². The van der Waals surface area contributed by atoms with Crippen LogP contribution in [0, 0.1) is 5.92 Å². The van der Waals surface area contributed by atoms with E-state index in [-0.39, 0.29) is 17.9 Å². The minimum Gasteiger partial charge on any atom is -0.356 e. The van der Waals surface area contributed by atoms with Crippen LogP contribution in [0.1, 0.15) is 51.0 Å². The Balaban J connectivity index is 1.81. The third-order valence-electron chi connectivity index (χ3n) is 4.52. The molecule has 134 valence electrons. The SMILES string of the molecule is CC(=O)NC(CC(=O)NCC1CCCN(C(C)C)C1)c1cccs1. The van der Waals surface area contributed by atoms with Crippen LogP contribution in [0.3, 0.4) is 0 Å². The lowest BCUT2D eigenvalue weighted by Crippen LogP contribution is -2.44. The average Bonchev–Trinajstić information content (AvgIpc) is 3.06. The molecule has 1 aliphatic heterocycles. The molecule has 2 amide bonds. The summed E-state index contributed by atoms with van der Waals surface area (Å²) in [7, 11) is 0. The summed E-state index contributed by atoms with van der Waals surface area (Å²) in [5.74, 6) is 0.413. The van der Waals surface area contributed by atoms with Crippen LogP contribution in [0.5, 0.6) is 0 Å². The first kappa shape index (κ1) is 18.9. The first-order valence-electron chi connectivity index (χ1n) is 8.77. The highest BCUT2D eigenvalue weighted by atomic mass is 32.1. The fourth-order valence-corrected chi connectivity index (χ4v) is 3.98. The molecule has 1 aliphatic rings. The van der Waals surface area contributed by atoms with E-state index in [1.165, 1.54) is 19.8 Å². The van der Waals surface area contributed by atoms with Crippen molar-refractivity contribution in [3.63, 3.8) is 0 Å². The summed E-state index contributed by atoms with van der Waals surface area (Å²) in [6, 6.07) is 4.22. The first-order valence-corrected chi connectivity index (χ1v) is 9.65. The van der Waals surface area contributed by atoms with Crippen LogP contribution >= 0.6 is 11.3 Å². The zero-order valence-electron chi connectivity index (χ0n) is 14.9. The molecular weight excluding hydrogens is 322 g/mol. The number of piperidine rings is 1. The number of hydrogen-bond acceptors (Lipinski definition) is 4. The molecule has 0 aliphatic carbocycles. The molecular formula is C18H29N3O2S. The Morgan fingerprint density at radius 1 is 1.42 bits per heavy atom. The summed E-state index contributed by atoms with van der Waals surface area (Å²) in [6.45, 7) is 8.86. The summed E-state index contributed by atoms with van der Waals surface area (Å²) >= 11 is 1.56. The second-order valence-electron chi connectivity index (χ2n) is 6.87. The first-order chi connectivity index (χ1) is 11.5. The molecule has 2 rings (SSSR count). The van der Waals surface area contributed by atoms with Crippen molar-refractivity contribution in [2.75, 3.05) is 19.6 Å². The lowest BCUT2D eigenvalue weighted by molar-refractivity contribution is -0.123. The number of nitrogens with zero attached hydrogens (tertiary/aromatic N) is 1. The van der Waals surface area contributed by atoms with Gasteiger partial charge in [0.2, 0.25) is 11.8 Å². The highest BCUT2D eigenvalue weighted by Gasteiger charge is 2.23. The number of amides is 2. The minimum absolute atomic E-state index is 0.00354. The molecule has 0 radical (unpaired) electrons. The van der Waals surface area contributed by atoms with Crippen molar-refractivity contribution in [2.45, 2.75) is 52.1 Å². The molecule has 2 heterocycles. The van der Waals surface area contributed by atoms with E-state index in [9.17, 15) is 9.59 Å². The number of rotatable bonds is 7. The zero-order chi connectivity index (χ0) is 17.5. The Bertz CT molecular complexity index is 530. The van der Waals surface area contributed by atoms with Gasteiger partial charge in [0.1, 0.15) is 0 Å². The molecule has 2 N–H and O–H groups in total. The molecule has 1 aromatic heterocycles. The molecule has 1 aromatic rings. The van der Waals surface area contributed by atoms with E-state index in [0.717, 1.165) is 24.5 Å². The van der Waals surface area contributed by atoms with Gasteiger partial charge in [0.05, 0.1) is 12.5 Å². The van der Waals surface area contributed by atoms with E-state index >= 15 is 0 Å². The summed E-state index contributed by atoms with van der Waals surface area (Å²) in [6.07, 6.45) is 2.66. The van der Waals surface area contributed by atoms with Crippen molar-refractivity contribution in [1.29, 1.82) is 0 Å². The lowest BCUT2D eigenvalue weighted by Gasteiger charge is -2.35. The molecule has 0 bridgehead atoms. The summed E-state index contributed by atoms with van der Waals surface area (Å²) in [4.78, 5) is 27.2. The molecule has 2 atom stereocenters. The number of carbonyl (C=O) groups is 2. The average molecular weight is 352 g/mol. The second-order valence-corrected chi connectivity index (χ2v) is 7.85. The van der Waals surface area contributed by atoms with Gasteiger partial charge in [0.25, 0.3) is 0 Å². The molecule has 0 spiro atoms. The monoisotopic (exact) mass is 351 g/mol. The fraction of sp³-hybridized carbons (Fsp3) is 0.667. The van der Waals surface area contributed by atoms with Crippen LogP contribution in [0.2, 0.25) is 0 Å². The molecule has 1 saturated heterocycles. The Labute approximate surface area is 148 Å². The number of likely N-dealkylation sites (tertiary alicyclic amines) is 1. The van der Waals surface area contributed by atoms with E-state index in [0.29, 0.717) is 18.4 Å². The van der Waals surface area contributed by atoms with Crippen molar-refractivity contribution in [1.82, 2.24) is 15.5 Å². The van der Waals surface area contributed by atoms with Crippen LogP contribution in [0.4, 0.5) is 0 Å². The number of hydrogen-bond donors (Lipinski definition) is 2. The van der Waals surface area contributed by atoms with Crippen LogP contribution in [0.15, 0.2) is 17.5 Å². The normalized spacial score (nSPS) is 19.9.